The fraction of sp³-hybridized carbons (Fsp3) is 0.174. The zero-order valence-electron chi connectivity index (χ0n) is 18.6. The van der Waals surface area contributed by atoms with Crippen molar-refractivity contribution < 1.29 is 26.4 Å². The number of hydrogen-bond donors (Lipinski definition) is 1. The van der Waals surface area contributed by atoms with Gasteiger partial charge in [0.2, 0.25) is 15.9 Å². The van der Waals surface area contributed by atoms with Crippen LogP contribution in [0.1, 0.15) is 17.5 Å². The number of amides is 2. The minimum absolute atomic E-state index is 0.0316. The van der Waals surface area contributed by atoms with Crippen LogP contribution in [0.3, 0.4) is 0 Å². The predicted molar refractivity (Wildman–Crippen MR) is 132 cm³/mol. The van der Waals surface area contributed by atoms with Crippen molar-refractivity contribution in [3.05, 3.63) is 77.2 Å². The Balaban J connectivity index is 1.64. The Labute approximate surface area is 212 Å². The number of benzene rings is 2. The largest absolute Gasteiger partial charge is 0.274 e. The Morgan fingerprint density at radius 2 is 1.69 bits per heavy atom. The molecule has 1 aliphatic heterocycles. The third-order valence-electron chi connectivity index (χ3n) is 5.66. The van der Waals surface area contributed by atoms with Crippen LogP contribution in [0.5, 0.6) is 0 Å². The number of carbonyl (C=O) groups excluding carboxylic acids is 2. The van der Waals surface area contributed by atoms with Crippen molar-refractivity contribution in [2.24, 2.45) is 5.14 Å². The molecule has 1 aliphatic rings. The van der Waals surface area contributed by atoms with Gasteiger partial charge < -0.3 is 0 Å². The SMILES string of the molecule is N#Cc1ccc(N2C(=O)CC(N(CCc3ccc(S(N)(=O)=O)cc3)S(=O)(=O)c3cccs3)C2=O)cc1. The lowest BCUT2D eigenvalue weighted by atomic mass is 10.1. The number of thiophene rings is 1. The van der Waals surface area contributed by atoms with Gasteiger partial charge in [0.1, 0.15) is 10.3 Å². The molecule has 0 aliphatic carbocycles. The Hall–Kier alpha value is -3.41. The van der Waals surface area contributed by atoms with Crippen LogP contribution in [0, 0.1) is 11.3 Å². The number of primary sulfonamides is 1. The molecule has 36 heavy (non-hydrogen) atoms. The van der Waals surface area contributed by atoms with Gasteiger partial charge in [0.25, 0.3) is 15.9 Å². The van der Waals surface area contributed by atoms with Gasteiger partial charge in [-0.1, -0.05) is 18.2 Å². The second-order valence-corrected chi connectivity index (χ2v) is 12.6. The molecule has 10 nitrogen and oxygen atoms in total. The van der Waals surface area contributed by atoms with Crippen molar-refractivity contribution in [1.29, 1.82) is 5.26 Å². The zero-order chi connectivity index (χ0) is 26.1. The molecule has 2 amide bonds. The van der Waals surface area contributed by atoms with Crippen LogP contribution in [-0.4, -0.2) is 45.5 Å². The maximum absolute atomic E-state index is 13.5. The number of sulfonamides is 2. The second kappa shape index (κ2) is 9.92. The predicted octanol–water partition coefficient (Wildman–Crippen LogP) is 1.83. The van der Waals surface area contributed by atoms with Crippen LogP contribution in [0.15, 0.2) is 75.1 Å². The van der Waals surface area contributed by atoms with Crippen LogP contribution < -0.4 is 10.0 Å². The molecular weight excluding hydrogens is 524 g/mol. The van der Waals surface area contributed by atoms with Crippen LogP contribution in [0.4, 0.5) is 5.69 Å². The summed E-state index contributed by atoms with van der Waals surface area (Å²) in [5.41, 5.74) is 1.22. The first-order valence-electron chi connectivity index (χ1n) is 10.6. The molecule has 0 saturated carbocycles. The quantitative estimate of drug-likeness (QED) is 0.424. The molecule has 2 heterocycles. The Morgan fingerprint density at radius 3 is 2.25 bits per heavy atom. The number of anilines is 1. The van der Waals surface area contributed by atoms with Gasteiger partial charge in [-0.3, -0.25) is 9.59 Å². The summed E-state index contributed by atoms with van der Waals surface area (Å²) in [7, 11) is -8.00. The van der Waals surface area contributed by atoms with E-state index in [2.05, 4.69) is 0 Å². The first kappa shape index (κ1) is 25.7. The standard InChI is InChI=1S/C23H20N4O6S3/c24-15-17-3-7-18(8-4-17)27-21(28)14-20(23(27)29)26(36(32,33)22-2-1-13-34-22)12-11-16-5-9-19(10-6-16)35(25,30)31/h1-10,13,20H,11-12,14H2,(H2,25,30,31). The van der Waals surface area contributed by atoms with E-state index in [1.54, 1.807) is 11.4 Å². The van der Waals surface area contributed by atoms with E-state index in [0.717, 1.165) is 20.5 Å². The smallest absolute Gasteiger partial charge is 0.253 e. The van der Waals surface area contributed by atoms with Gasteiger partial charge in [-0.25, -0.2) is 26.9 Å². The zero-order valence-corrected chi connectivity index (χ0v) is 21.1. The van der Waals surface area contributed by atoms with Crippen molar-refractivity contribution in [2.75, 3.05) is 11.4 Å². The van der Waals surface area contributed by atoms with E-state index in [1.165, 1.54) is 54.6 Å². The van der Waals surface area contributed by atoms with Gasteiger partial charge in [0.15, 0.2) is 0 Å². The minimum atomic E-state index is -4.12. The molecule has 0 radical (unpaired) electrons. The number of rotatable bonds is 8. The van der Waals surface area contributed by atoms with Crippen molar-refractivity contribution >= 4 is 48.9 Å². The van der Waals surface area contributed by atoms with E-state index in [9.17, 15) is 26.4 Å². The van der Waals surface area contributed by atoms with Gasteiger partial charge >= 0.3 is 0 Å². The highest BCUT2D eigenvalue weighted by molar-refractivity contribution is 7.91. The molecule has 3 aromatic rings. The molecule has 1 saturated heterocycles. The first-order chi connectivity index (χ1) is 17.0. The number of nitrogens with two attached hydrogens (primary N) is 1. The summed E-state index contributed by atoms with van der Waals surface area (Å²) in [5.74, 6) is -1.24. The highest BCUT2D eigenvalue weighted by Gasteiger charge is 2.47. The van der Waals surface area contributed by atoms with Crippen LogP contribution >= 0.6 is 11.3 Å². The van der Waals surface area contributed by atoms with Gasteiger partial charge in [-0.2, -0.15) is 9.57 Å². The number of nitriles is 1. The summed E-state index contributed by atoms with van der Waals surface area (Å²) in [5, 5.41) is 15.7. The van der Waals surface area contributed by atoms with Gasteiger partial charge in [0.05, 0.1) is 28.6 Å². The lowest BCUT2D eigenvalue weighted by Gasteiger charge is -2.26. The molecule has 186 valence electrons. The number of hydrogen-bond acceptors (Lipinski definition) is 8. The molecule has 4 rings (SSSR count). The lowest BCUT2D eigenvalue weighted by molar-refractivity contribution is -0.122. The molecule has 1 unspecified atom stereocenters. The van der Waals surface area contributed by atoms with Gasteiger partial charge in [0, 0.05) is 6.54 Å². The fourth-order valence-electron chi connectivity index (χ4n) is 3.85. The van der Waals surface area contributed by atoms with Crippen LogP contribution in [0.25, 0.3) is 0 Å². The summed E-state index contributed by atoms with van der Waals surface area (Å²) >= 11 is 0.996. The molecule has 1 atom stereocenters. The van der Waals surface area contributed by atoms with Crippen molar-refractivity contribution in [1.82, 2.24) is 4.31 Å². The van der Waals surface area contributed by atoms with Crippen LogP contribution in [0.2, 0.25) is 0 Å². The minimum Gasteiger partial charge on any atom is -0.274 e. The summed E-state index contributed by atoms with van der Waals surface area (Å²) in [4.78, 5) is 27.0. The maximum atomic E-state index is 13.5. The highest BCUT2D eigenvalue weighted by atomic mass is 32.2. The molecule has 0 bridgehead atoms. The van der Waals surface area contributed by atoms with E-state index in [0.29, 0.717) is 11.1 Å². The molecule has 13 heteroatoms. The topological polar surface area (TPSA) is 159 Å². The average molecular weight is 545 g/mol. The van der Waals surface area contributed by atoms with E-state index in [1.807, 2.05) is 6.07 Å². The second-order valence-electron chi connectivity index (χ2n) is 7.93. The third-order valence-corrected chi connectivity index (χ3v) is 9.87. The van der Waals surface area contributed by atoms with E-state index < -0.39 is 37.9 Å². The van der Waals surface area contributed by atoms with Crippen molar-refractivity contribution in [2.45, 2.75) is 28.0 Å². The Bertz CT molecular complexity index is 1540. The van der Waals surface area contributed by atoms with Crippen LogP contribution in [-0.2, 0) is 36.1 Å². The monoisotopic (exact) mass is 544 g/mol. The molecule has 1 fully saturated rings. The summed E-state index contributed by atoms with van der Waals surface area (Å²) in [6.07, 6.45) is -0.182. The summed E-state index contributed by atoms with van der Waals surface area (Å²) in [6.45, 7) is -0.125. The van der Waals surface area contributed by atoms with E-state index in [4.69, 9.17) is 10.4 Å². The average Bonchev–Trinajstić information content (AvgIpc) is 3.48. The summed E-state index contributed by atoms with van der Waals surface area (Å²) in [6, 6.07) is 15.2. The first-order valence-corrected chi connectivity index (χ1v) is 14.4. The number of nitrogens with zero attached hydrogens (tertiary/aromatic N) is 3. The van der Waals surface area contributed by atoms with Crippen molar-refractivity contribution in [3.63, 3.8) is 0 Å². The number of carbonyl (C=O) groups is 2. The molecule has 1 aromatic heterocycles. The molecular formula is C23H20N4O6S3. The number of imide groups is 1. The molecule has 2 N–H and O–H groups in total. The summed E-state index contributed by atoms with van der Waals surface area (Å²) < 4.78 is 51.0. The van der Waals surface area contributed by atoms with Gasteiger partial charge in [-0.05, 0) is 59.8 Å². The van der Waals surface area contributed by atoms with Crippen molar-refractivity contribution in [3.8, 4) is 6.07 Å². The Morgan fingerprint density at radius 1 is 1.03 bits per heavy atom. The third kappa shape index (κ3) is 5.08. The highest BCUT2D eigenvalue weighted by Crippen LogP contribution is 2.31. The maximum Gasteiger partial charge on any atom is 0.253 e. The lowest BCUT2D eigenvalue weighted by Crippen LogP contribution is -2.46. The van der Waals surface area contributed by atoms with Gasteiger partial charge in [-0.15, -0.1) is 11.3 Å². The van der Waals surface area contributed by atoms with E-state index in [-0.39, 0.29) is 34.2 Å². The van der Waals surface area contributed by atoms with E-state index >= 15 is 0 Å². The Kier molecular flexibility index (Phi) is 7.07. The normalized spacial score (nSPS) is 16.5. The fourth-order valence-corrected chi connectivity index (χ4v) is 7.07. The molecule has 0 spiro atoms. The molecule has 2 aromatic carbocycles.